The highest BCUT2D eigenvalue weighted by molar-refractivity contribution is 5.92. The van der Waals surface area contributed by atoms with Gasteiger partial charge in [-0.2, -0.15) is 0 Å². The van der Waals surface area contributed by atoms with E-state index in [9.17, 15) is 4.79 Å². The van der Waals surface area contributed by atoms with Crippen molar-refractivity contribution in [3.63, 3.8) is 0 Å². The molecule has 0 atom stereocenters. The van der Waals surface area contributed by atoms with Crippen molar-refractivity contribution in [2.75, 3.05) is 0 Å². The van der Waals surface area contributed by atoms with Crippen LogP contribution in [0.3, 0.4) is 0 Å². The molecule has 0 saturated heterocycles. The standard InChI is InChI=1S/C11H12N2O/c1-4-11(14)13-7-10-6-12-9(3)5-8(10)2/h1,5-6H,7H2,2-3H3,(H,13,14). The summed E-state index contributed by atoms with van der Waals surface area (Å²) in [6.07, 6.45) is 6.67. The van der Waals surface area contributed by atoms with Crippen LogP contribution in [0, 0.1) is 26.2 Å². The van der Waals surface area contributed by atoms with Crippen LogP contribution in [0.25, 0.3) is 0 Å². The predicted octanol–water partition coefficient (Wildman–Crippen LogP) is 0.948. The van der Waals surface area contributed by atoms with Gasteiger partial charge in [0, 0.05) is 18.4 Å². The minimum Gasteiger partial charge on any atom is -0.341 e. The largest absolute Gasteiger partial charge is 0.341 e. The Morgan fingerprint density at radius 2 is 2.36 bits per heavy atom. The summed E-state index contributed by atoms with van der Waals surface area (Å²) in [7, 11) is 0. The van der Waals surface area contributed by atoms with E-state index in [1.54, 1.807) is 6.20 Å². The van der Waals surface area contributed by atoms with Crippen LogP contribution in [0.5, 0.6) is 0 Å². The molecule has 0 fully saturated rings. The topological polar surface area (TPSA) is 42.0 Å². The van der Waals surface area contributed by atoms with Crippen molar-refractivity contribution in [2.24, 2.45) is 0 Å². The number of aryl methyl sites for hydroxylation is 2. The molecular formula is C11H12N2O. The van der Waals surface area contributed by atoms with E-state index in [4.69, 9.17) is 6.42 Å². The second-order valence-corrected chi connectivity index (χ2v) is 3.08. The lowest BCUT2D eigenvalue weighted by molar-refractivity contribution is -0.115. The van der Waals surface area contributed by atoms with Crippen molar-refractivity contribution < 1.29 is 4.79 Å². The van der Waals surface area contributed by atoms with Gasteiger partial charge >= 0.3 is 0 Å². The first-order chi connectivity index (χ1) is 6.63. The Morgan fingerprint density at radius 1 is 1.64 bits per heavy atom. The summed E-state index contributed by atoms with van der Waals surface area (Å²) in [5.74, 6) is 1.60. The molecule has 0 aliphatic heterocycles. The summed E-state index contributed by atoms with van der Waals surface area (Å²) in [6, 6.07) is 1.97. The monoisotopic (exact) mass is 188 g/mol. The number of carbonyl (C=O) groups excluding carboxylic acids is 1. The van der Waals surface area contributed by atoms with Gasteiger partial charge in [0.15, 0.2) is 0 Å². The number of amides is 1. The summed E-state index contributed by atoms with van der Waals surface area (Å²) in [5, 5.41) is 2.59. The molecule has 0 bridgehead atoms. The fourth-order valence-corrected chi connectivity index (χ4v) is 1.14. The van der Waals surface area contributed by atoms with E-state index in [0.717, 1.165) is 16.8 Å². The molecule has 14 heavy (non-hydrogen) atoms. The molecule has 1 aromatic heterocycles. The quantitative estimate of drug-likeness (QED) is 0.702. The van der Waals surface area contributed by atoms with E-state index in [0.29, 0.717) is 6.54 Å². The van der Waals surface area contributed by atoms with Gasteiger partial charge < -0.3 is 5.32 Å². The fraction of sp³-hybridized carbons (Fsp3) is 0.273. The number of terminal acetylenes is 1. The van der Waals surface area contributed by atoms with Crippen molar-refractivity contribution in [3.05, 3.63) is 29.1 Å². The Bertz CT molecular complexity index is 391. The summed E-state index contributed by atoms with van der Waals surface area (Å²) >= 11 is 0. The fourth-order valence-electron chi connectivity index (χ4n) is 1.14. The van der Waals surface area contributed by atoms with Gasteiger partial charge in [-0.05, 0) is 37.0 Å². The van der Waals surface area contributed by atoms with Gasteiger partial charge in [0.05, 0.1) is 0 Å². The summed E-state index contributed by atoms with van der Waals surface area (Å²) in [4.78, 5) is 14.9. The molecule has 0 aromatic carbocycles. The Kier molecular flexibility index (Phi) is 3.24. The zero-order chi connectivity index (χ0) is 10.6. The summed E-state index contributed by atoms with van der Waals surface area (Å²) in [5.41, 5.74) is 3.06. The third-order valence-corrected chi connectivity index (χ3v) is 1.93. The van der Waals surface area contributed by atoms with Gasteiger partial charge in [-0.1, -0.05) is 0 Å². The number of hydrogen-bond donors (Lipinski definition) is 1. The molecule has 1 rings (SSSR count). The van der Waals surface area contributed by atoms with Crippen molar-refractivity contribution in [1.29, 1.82) is 0 Å². The molecule has 0 unspecified atom stereocenters. The van der Waals surface area contributed by atoms with Gasteiger partial charge in [-0.3, -0.25) is 9.78 Å². The van der Waals surface area contributed by atoms with E-state index in [1.807, 2.05) is 25.8 Å². The SMILES string of the molecule is C#CC(=O)NCc1cnc(C)cc1C. The number of hydrogen-bond acceptors (Lipinski definition) is 2. The highest BCUT2D eigenvalue weighted by atomic mass is 16.1. The highest BCUT2D eigenvalue weighted by Gasteiger charge is 2.00. The van der Waals surface area contributed by atoms with Gasteiger partial charge in [-0.15, -0.1) is 6.42 Å². The van der Waals surface area contributed by atoms with Crippen molar-refractivity contribution in [1.82, 2.24) is 10.3 Å². The minimum atomic E-state index is -0.398. The first-order valence-corrected chi connectivity index (χ1v) is 4.30. The number of aromatic nitrogens is 1. The molecule has 0 spiro atoms. The van der Waals surface area contributed by atoms with Gasteiger partial charge in [0.25, 0.3) is 5.91 Å². The first-order valence-electron chi connectivity index (χ1n) is 4.30. The molecule has 0 radical (unpaired) electrons. The number of nitrogens with one attached hydrogen (secondary N) is 1. The molecule has 72 valence electrons. The molecule has 1 amide bonds. The molecule has 1 heterocycles. The average molecular weight is 188 g/mol. The second-order valence-electron chi connectivity index (χ2n) is 3.08. The van der Waals surface area contributed by atoms with Crippen LogP contribution < -0.4 is 5.32 Å². The Morgan fingerprint density at radius 3 is 2.93 bits per heavy atom. The third-order valence-electron chi connectivity index (χ3n) is 1.93. The van der Waals surface area contributed by atoms with Gasteiger partial charge in [0.2, 0.25) is 0 Å². The smallest absolute Gasteiger partial charge is 0.295 e. The molecular weight excluding hydrogens is 176 g/mol. The predicted molar refractivity (Wildman–Crippen MR) is 54.4 cm³/mol. The zero-order valence-electron chi connectivity index (χ0n) is 8.29. The Hall–Kier alpha value is -1.82. The maximum absolute atomic E-state index is 10.8. The maximum atomic E-state index is 10.8. The molecule has 1 aromatic rings. The van der Waals surface area contributed by atoms with Crippen molar-refractivity contribution >= 4 is 5.91 Å². The average Bonchev–Trinajstić information content (AvgIpc) is 2.16. The van der Waals surface area contributed by atoms with Gasteiger partial charge in [-0.25, -0.2) is 0 Å². The molecule has 3 heteroatoms. The van der Waals surface area contributed by atoms with E-state index in [-0.39, 0.29) is 0 Å². The van der Waals surface area contributed by atoms with E-state index >= 15 is 0 Å². The summed E-state index contributed by atoms with van der Waals surface area (Å²) < 4.78 is 0. The zero-order valence-corrected chi connectivity index (χ0v) is 8.29. The highest BCUT2D eigenvalue weighted by Crippen LogP contribution is 2.06. The number of pyridine rings is 1. The van der Waals surface area contributed by atoms with Crippen molar-refractivity contribution in [2.45, 2.75) is 20.4 Å². The molecule has 1 N–H and O–H groups in total. The van der Waals surface area contributed by atoms with E-state index < -0.39 is 5.91 Å². The lowest BCUT2D eigenvalue weighted by Gasteiger charge is -2.05. The van der Waals surface area contributed by atoms with Gasteiger partial charge in [0.1, 0.15) is 0 Å². The van der Waals surface area contributed by atoms with Crippen LogP contribution >= 0.6 is 0 Å². The lowest BCUT2D eigenvalue weighted by Crippen LogP contribution is -2.21. The van der Waals surface area contributed by atoms with Crippen LogP contribution in [0.2, 0.25) is 0 Å². The Labute approximate surface area is 83.6 Å². The molecule has 3 nitrogen and oxygen atoms in total. The van der Waals surface area contributed by atoms with Crippen LogP contribution in [0.4, 0.5) is 0 Å². The molecule has 0 aliphatic rings. The second kappa shape index (κ2) is 4.43. The first kappa shape index (κ1) is 10.3. The lowest BCUT2D eigenvalue weighted by atomic mass is 10.1. The van der Waals surface area contributed by atoms with Crippen LogP contribution in [-0.4, -0.2) is 10.9 Å². The number of nitrogens with zero attached hydrogens (tertiary/aromatic N) is 1. The van der Waals surface area contributed by atoms with E-state index in [2.05, 4.69) is 10.3 Å². The van der Waals surface area contributed by atoms with E-state index in [1.165, 1.54) is 0 Å². The normalized spacial score (nSPS) is 9.21. The van der Waals surface area contributed by atoms with Crippen LogP contribution in [0.1, 0.15) is 16.8 Å². The molecule has 0 saturated carbocycles. The van der Waals surface area contributed by atoms with Crippen LogP contribution in [0.15, 0.2) is 12.3 Å². The molecule has 0 aliphatic carbocycles. The third kappa shape index (κ3) is 2.60. The van der Waals surface area contributed by atoms with Crippen LogP contribution in [-0.2, 0) is 11.3 Å². The number of carbonyl (C=O) groups is 1. The minimum absolute atomic E-state index is 0.398. The summed E-state index contributed by atoms with van der Waals surface area (Å²) in [6.45, 7) is 4.34. The Balaban J connectivity index is 2.69. The van der Waals surface area contributed by atoms with Crippen molar-refractivity contribution in [3.8, 4) is 12.3 Å². The number of rotatable bonds is 2. The maximum Gasteiger partial charge on any atom is 0.295 e.